The van der Waals surface area contributed by atoms with Crippen LogP contribution >= 0.6 is 0 Å². The Balaban J connectivity index is 0.000000189. The molecule has 6 heterocycles. The fourth-order valence-corrected chi connectivity index (χ4v) is 13.3. The van der Waals surface area contributed by atoms with E-state index in [4.69, 9.17) is 25.6 Å². The summed E-state index contributed by atoms with van der Waals surface area (Å²) in [5, 5.41) is 23.8. The maximum atomic E-state index is 13.9. The lowest BCUT2D eigenvalue weighted by molar-refractivity contribution is -0.349. The van der Waals surface area contributed by atoms with E-state index in [-0.39, 0.29) is 40.0 Å². The summed E-state index contributed by atoms with van der Waals surface area (Å²) in [7, 11) is 0. The van der Waals surface area contributed by atoms with E-state index in [9.17, 15) is 53.3 Å². The molecule has 0 spiro atoms. The number of hydrogen-bond acceptors (Lipinski definition) is 23. The van der Waals surface area contributed by atoms with Crippen LogP contribution in [0.2, 0.25) is 0 Å². The van der Waals surface area contributed by atoms with Gasteiger partial charge in [-0.25, -0.2) is 24.1 Å². The zero-order chi connectivity index (χ0) is 78.9. The van der Waals surface area contributed by atoms with E-state index < -0.39 is 62.7 Å². The van der Waals surface area contributed by atoms with Gasteiger partial charge in [-0.05, 0) is 133 Å². The molecule has 28 heteroatoms. The number of benzene rings is 5. The van der Waals surface area contributed by atoms with E-state index in [2.05, 4.69) is 46.7 Å². The first-order valence-corrected chi connectivity index (χ1v) is 36.1. The Morgan fingerprint density at radius 2 is 0.908 bits per heavy atom. The number of ether oxygens (including phenoxy) is 3. The lowest BCUT2D eigenvalue weighted by Crippen LogP contribution is -2.54. The van der Waals surface area contributed by atoms with Crippen LogP contribution in [0.25, 0.3) is 48.9 Å². The monoisotopic (exact) mass is 1490 g/mol. The predicted octanol–water partition coefficient (Wildman–Crippen LogP) is 12.2. The van der Waals surface area contributed by atoms with Gasteiger partial charge in [-0.1, -0.05) is 86.4 Å². The summed E-state index contributed by atoms with van der Waals surface area (Å²) < 4.78 is 22.0. The van der Waals surface area contributed by atoms with E-state index in [1.54, 1.807) is 59.2 Å². The summed E-state index contributed by atoms with van der Waals surface area (Å²) in [6, 6.07) is 34.3. The zero-order valence-corrected chi connectivity index (χ0v) is 63.3. The van der Waals surface area contributed by atoms with Gasteiger partial charge in [0.25, 0.3) is 5.78 Å². The molecule has 11 rings (SSSR count). The summed E-state index contributed by atoms with van der Waals surface area (Å²) in [4.78, 5) is 147. The van der Waals surface area contributed by atoms with Gasteiger partial charge in [-0.3, -0.25) is 38.7 Å². The molecule has 8 aromatic rings. The van der Waals surface area contributed by atoms with E-state index in [1.165, 1.54) is 13.1 Å². The molecule has 3 saturated heterocycles. The average molecular weight is 1490 g/mol. The summed E-state index contributed by atoms with van der Waals surface area (Å²) in [5.41, 5.74) is 4.37. The summed E-state index contributed by atoms with van der Waals surface area (Å²) in [6.45, 7) is 34.1. The molecule has 3 fully saturated rings. The maximum absolute atomic E-state index is 13.9. The molecule has 28 nitrogen and oxygen atoms in total. The third kappa shape index (κ3) is 19.2. The highest BCUT2D eigenvalue weighted by Crippen LogP contribution is 2.34. The van der Waals surface area contributed by atoms with Gasteiger partial charge in [-0.15, -0.1) is 0 Å². The van der Waals surface area contributed by atoms with Crippen LogP contribution in [-0.4, -0.2) is 199 Å². The first-order chi connectivity index (χ1) is 52.0. The van der Waals surface area contributed by atoms with Crippen molar-refractivity contribution in [3.05, 3.63) is 189 Å². The second kappa shape index (κ2) is 36.6. The number of nitro groups is 1. The molecule has 572 valence electrons. The second-order valence-electron chi connectivity index (χ2n) is 27.8. The minimum absolute atomic E-state index is 0.00622. The smallest absolute Gasteiger partial charge is 0.379 e. The number of rotatable bonds is 26. The topological polar surface area (TPSA) is 318 Å². The third-order valence-corrected chi connectivity index (χ3v) is 19.5. The van der Waals surface area contributed by atoms with Crippen LogP contribution in [0, 0.1) is 16.7 Å². The van der Waals surface area contributed by atoms with Gasteiger partial charge in [-0.2, -0.15) is 0 Å². The van der Waals surface area contributed by atoms with Crippen molar-refractivity contribution in [2.75, 3.05) is 78.9 Å². The number of ketones is 6. The van der Waals surface area contributed by atoms with E-state index in [1.807, 2.05) is 136 Å². The molecule has 0 saturated carbocycles. The second-order valence-corrected chi connectivity index (χ2v) is 27.8. The minimum Gasteiger partial charge on any atom is -0.379 e. The summed E-state index contributed by atoms with van der Waals surface area (Å²) in [5.74, 6) is -5.82. The van der Waals surface area contributed by atoms with Crippen LogP contribution in [0.4, 0.5) is 0 Å². The lowest BCUT2D eigenvalue weighted by atomic mass is 9.90. The molecule has 3 aromatic heterocycles. The number of carbonyl (C=O) groups excluding carboxylic acids is 9. The minimum atomic E-state index is -1.12. The van der Waals surface area contributed by atoms with Crippen LogP contribution in [0.5, 0.6) is 0 Å². The van der Waals surface area contributed by atoms with Crippen molar-refractivity contribution < 1.29 is 76.8 Å². The number of morpholine rings is 3. The molecular formula is C81H91N11O17. The maximum Gasteiger partial charge on any atom is 0.458 e. The fraction of sp³-hybridized carbons (Fsp3) is 0.395. The number of fused-ring (bicyclic) bond motifs is 3. The van der Waals surface area contributed by atoms with Crippen molar-refractivity contribution in [1.82, 2.24) is 28.4 Å². The summed E-state index contributed by atoms with van der Waals surface area (Å²) in [6.07, 6.45) is 9.57. The normalized spacial score (nSPS) is 15.0. The number of aromatic nitrogens is 3. The van der Waals surface area contributed by atoms with Crippen LogP contribution in [-0.2, 0) is 49.7 Å². The molecular weight excluding hydrogens is 1400 g/mol. The molecule has 0 amide bonds. The van der Waals surface area contributed by atoms with Gasteiger partial charge in [0, 0.05) is 146 Å². The van der Waals surface area contributed by atoms with Crippen molar-refractivity contribution in [1.29, 1.82) is 0 Å². The number of hydrogen-bond donors (Lipinski definition) is 0. The predicted molar refractivity (Wildman–Crippen MR) is 410 cm³/mol. The number of oxime groups is 3. The zero-order valence-electron chi connectivity index (χ0n) is 63.3. The third-order valence-electron chi connectivity index (χ3n) is 19.5. The first-order valence-electron chi connectivity index (χ1n) is 36.1. The highest BCUT2D eigenvalue weighted by molar-refractivity contribution is 6.48. The Labute approximate surface area is 631 Å². The van der Waals surface area contributed by atoms with Gasteiger partial charge in [0.2, 0.25) is 11.6 Å². The summed E-state index contributed by atoms with van der Waals surface area (Å²) >= 11 is 0. The van der Waals surface area contributed by atoms with Crippen LogP contribution in [0.15, 0.2) is 149 Å². The molecule has 3 aliphatic heterocycles. The standard InChI is InChI=1S/C32H39N3O5.C27H26N4O5.C22H26N4O7/c1-5-6-7-8-12-28(33-40-23(2)36)30(37)24-14-16-25(17-15-24)35-22-27(26-11-9-10-13-29(26)35)31(38)32(3,4)34-18-20-39-21-19-34;1-18(32)36-29-26(28-4)24(33)19-9-11-20(12-10-19)31-17-22(21-7-5-6-8-23(21)31)25(34)27(2,3)30-13-15-35-16-14-30;1-5-24-13-17(19(28)21(26(30)31)23-33-14(2)27)16-12-15(6-7-18(16)24)20(29)22(3,4)25-8-10-32-11-9-25/h9-11,13-17,22H,5-8,12,18-21H2,1-4H3;5-12,17H,13-16H2,1-3H3;6-7,12-13H,5,8-11H2,1-4H3/b33-28+;29-26-;23-21-. The van der Waals surface area contributed by atoms with Gasteiger partial charge < -0.3 is 52.5 Å². The molecule has 0 unspecified atom stereocenters. The number of aryl methyl sites for hydroxylation is 1. The van der Waals surface area contributed by atoms with E-state index >= 15 is 0 Å². The SMILES string of the molecule is CCCCCC/C(=N\OC(C)=O)C(=O)c1ccc(-n2cc(C(=O)C(C)(C)N3CCOCC3)c3ccccc32)cc1.CCn1cc(C(=O)/C(=N/OC(C)=O)[N+](=O)[O-])c2cc(C(=O)C(C)(C)N3CCOCC3)ccc21.[C-]#[N+]/C(=N\OC(C)=O)C(=O)c1ccc(-n2cc(C(=O)C(C)(C)N3CCOCC3)c3ccccc32)cc1. The van der Waals surface area contributed by atoms with Crippen molar-refractivity contribution >= 4 is 103 Å². The number of unbranched alkanes of at least 4 members (excludes halogenated alkanes) is 3. The Morgan fingerprint density at radius 1 is 0.486 bits per heavy atom. The number of Topliss-reactive ketones (excluding diaryl/α,β-unsaturated/α-hetero) is 6. The molecule has 3 aliphatic rings. The highest BCUT2D eigenvalue weighted by Gasteiger charge is 2.41. The average Bonchev–Trinajstić information content (AvgIpc) is 1.63. The molecule has 5 aromatic carbocycles. The lowest BCUT2D eigenvalue weighted by Gasteiger charge is -2.39. The van der Waals surface area contributed by atoms with E-state index in [0.717, 1.165) is 72.7 Å². The Kier molecular flexibility index (Phi) is 27.5. The molecule has 0 aliphatic carbocycles. The number of carbonyl (C=O) groups is 9. The van der Waals surface area contributed by atoms with Crippen molar-refractivity contribution in [2.24, 2.45) is 15.5 Å². The number of nitrogens with zero attached hydrogens (tertiary/aromatic N) is 11. The molecule has 0 atom stereocenters. The van der Waals surface area contributed by atoms with Crippen LogP contribution in [0.3, 0.4) is 0 Å². The molecule has 109 heavy (non-hydrogen) atoms. The van der Waals surface area contributed by atoms with Crippen molar-refractivity contribution in [3.63, 3.8) is 0 Å². The van der Waals surface area contributed by atoms with Crippen molar-refractivity contribution in [2.45, 2.75) is 131 Å². The Morgan fingerprint density at radius 3 is 1.34 bits per heavy atom. The van der Waals surface area contributed by atoms with Gasteiger partial charge in [0.05, 0.1) is 78.0 Å². The fourth-order valence-electron chi connectivity index (χ4n) is 13.3. The van der Waals surface area contributed by atoms with Crippen LogP contribution < -0.4 is 0 Å². The molecule has 0 N–H and O–H groups in total. The Bertz CT molecular complexity index is 4880. The van der Waals surface area contributed by atoms with Crippen molar-refractivity contribution in [3.8, 4) is 11.4 Å². The Hall–Kier alpha value is -11.2. The number of amidine groups is 2. The van der Waals surface area contributed by atoms with Crippen LogP contribution in [0.1, 0.15) is 170 Å². The highest BCUT2D eigenvalue weighted by atomic mass is 16.7. The largest absolute Gasteiger partial charge is 0.458 e. The first kappa shape index (κ1) is 81.9. The van der Waals surface area contributed by atoms with Gasteiger partial charge in [0.1, 0.15) is 5.71 Å². The molecule has 0 bridgehead atoms. The van der Waals surface area contributed by atoms with E-state index in [0.29, 0.717) is 125 Å². The quantitative estimate of drug-likeness (QED) is 0.00710. The van der Waals surface area contributed by atoms with Gasteiger partial charge >= 0.3 is 29.6 Å². The number of para-hydroxylation sites is 2. The molecule has 0 radical (unpaired) electrons. The van der Waals surface area contributed by atoms with Gasteiger partial charge in [0.15, 0.2) is 22.5 Å².